The highest BCUT2D eigenvalue weighted by molar-refractivity contribution is 8.13. The van der Waals surface area contributed by atoms with Crippen molar-refractivity contribution in [1.29, 1.82) is 0 Å². The van der Waals surface area contributed by atoms with Gasteiger partial charge in [0, 0.05) is 23.5 Å². The first kappa shape index (κ1) is 10.9. The molecule has 0 aliphatic carbocycles. The van der Waals surface area contributed by atoms with Crippen LogP contribution in [0.4, 0.5) is 0 Å². The van der Waals surface area contributed by atoms with Crippen molar-refractivity contribution in [2.24, 2.45) is 0 Å². The number of hydrogen-bond donors (Lipinski definition) is 0. The van der Waals surface area contributed by atoms with Crippen LogP contribution in [0.2, 0.25) is 0 Å². The van der Waals surface area contributed by atoms with Crippen LogP contribution in [0.5, 0.6) is 0 Å². The maximum Gasteiger partial charge on any atom is 0.264 e. The molecule has 1 unspecified atom stereocenters. The van der Waals surface area contributed by atoms with E-state index in [4.69, 9.17) is 15.4 Å². The second-order valence-electron chi connectivity index (χ2n) is 3.46. The molecule has 15 heavy (non-hydrogen) atoms. The van der Waals surface area contributed by atoms with Crippen LogP contribution < -0.4 is 0 Å². The van der Waals surface area contributed by atoms with E-state index in [9.17, 15) is 8.42 Å². The number of rotatable bonds is 2. The molecule has 1 saturated heterocycles. The summed E-state index contributed by atoms with van der Waals surface area (Å²) in [6, 6.07) is 0.117. The Labute approximate surface area is 92.4 Å². The Morgan fingerprint density at radius 2 is 2.40 bits per heavy atom. The predicted octanol–water partition coefficient (Wildman–Crippen LogP) is 1.16. The molecular weight excluding hydrogens is 240 g/mol. The van der Waals surface area contributed by atoms with Gasteiger partial charge >= 0.3 is 0 Å². The van der Waals surface area contributed by atoms with Crippen LogP contribution >= 0.6 is 10.7 Å². The highest BCUT2D eigenvalue weighted by atomic mass is 35.7. The predicted molar refractivity (Wildman–Crippen MR) is 54.4 cm³/mol. The molecule has 0 saturated carbocycles. The molecule has 2 rings (SSSR count). The van der Waals surface area contributed by atoms with Crippen molar-refractivity contribution in [3.63, 3.8) is 0 Å². The zero-order valence-electron chi connectivity index (χ0n) is 7.97. The second kappa shape index (κ2) is 4.11. The maximum atomic E-state index is 11.0. The van der Waals surface area contributed by atoms with E-state index < -0.39 is 9.05 Å². The molecule has 0 aromatic carbocycles. The minimum absolute atomic E-state index is 0.0368. The van der Waals surface area contributed by atoms with Crippen LogP contribution in [0, 0.1) is 0 Å². The van der Waals surface area contributed by atoms with Crippen LogP contribution in [0.25, 0.3) is 0 Å². The molecule has 5 nitrogen and oxygen atoms in total. The van der Waals surface area contributed by atoms with Gasteiger partial charge in [-0.15, -0.1) is 0 Å². The third-order valence-electron chi connectivity index (χ3n) is 2.37. The summed E-state index contributed by atoms with van der Waals surface area (Å²) in [7, 11) is 1.53. The molecule has 2 heterocycles. The summed E-state index contributed by atoms with van der Waals surface area (Å²) in [4.78, 5) is 0.0368. The van der Waals surface area contributed by atoms with Crippen LogP contribution in [-0.2, 0) is 13.8 Å². The summed E-state index contributed by atoms with van der Waals surface area (Å²) in [5.41, 5.74) is 0. The third-order valence-corrected chi connectivity index (χ3v) is 3.68. The highest BCUT2D eigenvalue weighted by Crippen LogP contribution is 2.21. The average Bonchev–Trinajstić information content (AvgIpc) is 2.67. The largest absolute Gasteiger partial charge is 0.379 e. The summed E-state index contributed by atoms with van der Waals surface area (Å²) >= 11 is 0. The number of halogens is 1. The van der Waals surface area contributed by atoms with Gasteiger partial charge in [0.15, 0.2) is 0 Å². The van der Waals surface area contributed by atoms with Gasteiger partial charge < -0.3 is 4.74 Å². The summed E-state index contributed by atoms with van der Waals surface area (Å²) in [6.45, 7) is 1.34. The van der Waals surface area contributed by atoms with Crippen LogP contribution in [0.1, 0.15) is 18.9 Å². The molecule has 1 aromatic rings. The number of hydrogen-bond acceptors (Lipinski definition) is 4. The first-order chi connectivity index (χ1) is 7.07. The smallest absolute Gasteiger partial charge is 0.264 e. The van der Waals surface area contributed by atoms with E-state index >= 15 is 0 Å². The standard InChI is InChI=1S/C8H11ClN2O3S/c9-15(12,13)8-4-10-11(5-8)7-2-1-3-14-6-7/h4-5,7H,1-3,6H2. The zero-order valence-corrected chi connectivity index (χ0v) is 9.54. The van der Waals surface area contributed by atoms with E-state index in [0.29, 0.717) is 6.61 Å². The van der Waals surface area contributed by atoms with Crippen molar-refractivity contribution >= 4 is 19.7 Å². The highest BCUT2D eigenvalue weighted by Gasteiger charge is 2.19. The molecule has 0 radical (unpaired) electrons. The molecule has 0 spiro atoms. The molecule has 84 valence electrons. The normalized spacial score (nSPS) is 22.9. The van der Waals surface area contributed by atoms with E-state index in [2.05, 4.69) is 5.10 Å². The fourth-order valence-corrected chi connectivity index (χ4v) is 2.22. The second-order valence-corrected chi connectivity index (χ2v) is 6.03. The van der Waals surface area contributed by atoms with Crippen molar-refractivity contribution in [2.75, 3.05) is 13.2 Å². The van der Waals surface area contributed by atoms with E-state index in [-0.39, 0.29) is 10.9 Å². The van der Waals surface area contributed by atoms with Crippen molar-refractivity contribution in [3.8, 4) is 0 Å². The van der Waals surface area contributed by atoms with Gasteiger partial charge in [0.2, 0.25) is 0 Å². The summed E-state index contributed by atoms with van der Waals surface area (Å²) in [6.07, 6.45) is 4.62. The molecule has 0 amide bonds. The monoisotopic (exact) mass is 250 g/mol. The Kier molecular flexibility index (Phi) is 2.99. The fourth-order valence-electron chi connectivity index (χ4n) is 1.58. The lowest BCUT2D eigenvalue weighted by atomic mass is 10.1. The van der Waals surface area contributed by atoms with Gasteiger partial charge in [0.05, 0.1) is 18.8 Å². The zero-order chi connectivity index (χ0) is 10.9. The minimum atomic E-state index is -3.67. The minimum Gasteiger partial charge on any atom is -0.379 e. The molecule has 1 fully saturated rings. The molecule has 1 atom stereocenters. The third kappa shape index (κ3) is 2.50. The molecule has 7 heteroatoms. The Bertz CT molecular complexity index is 436. The van der Waals surface area contributed by atoms with Crippen molar-refractivity contribution in [3.05, 3.63) is 12.4 Å². The molecule has 1 aliphatic rings. The molecule has 0 bridgehead atoms. The Balaban J connectivity index is 2.19. The quantitative estimate of drug-likeness (QED) is 0.739. The Morgan fingerprint density at radius 1 is 1.60 bits per heavy atom. The molecular formula is C8H11ClN2O3S. The van der Waals surface area contributed by atoms with Crippen molar-refractivity contribution < 1.29 is 13.2 Å². The van der Waals surface area contributed by atoms with Crippen molar-refractivity contribution in [1.82, 2.24) is 9.78 Å². The van der Waals surface area contributed by atoms with E-state index in [1.807, 2.05) is 0 Å². The number of aromatic nitrogens is 2. The Hall–Kier alpha value is -0.590. The molecule has 1 aliphatic heterocycles. The van der Waals surface area contributed by atoms with E-state index in [1.54, 1.807) is 4.68 Å². The van der Waals surface area contributed by atoms with E-state index in [1.165, 1.54) is 12.4 Å². The van der Waals surface area contributed by atoms with Crippen molar-refractivity contribution in [2.45, 2.75) is 23.8 Å². The first-order valence-electron chi connectivity index (χ1n) is 4.64. The fraction of sp³-hybridized carbons (Fsp3) is 0.625. The van der Waals surface area contributed by atoms with Gasteiger partial charge in [-0.3, -0.25) is 4.68 Å². The van der Waals surface area contributed by atoms with Gasteiger partial charge in [-0.05, 0) is 12.8 Å². The number of nitrogens with zero attached hydrogens (tertiary/aromatic N) is 2. The lowest BCUT2D eigenvalue weighted by molar-refractivity contribution is 0.0548. The van der Waals surface area contributed by atoms with Crippen LogP contribution in [0.15, 0.2) is 17.3 Å². The average molecular weight is 251 g/mol. The SMILES string of the molecule is O=S(=O)(Cl)c1cnn(C2CCCOC2)c1. The summed E-state index contributed by atoms with van der Waals surface area (Å²) in [5, 5.41) is 3.98. The molecule has 0 N–H and O–H groups in total. The van der Waals surface area contributed by atoms with Crippen LogP contribution in [-0.4, -0.2) is 31.4 Å². The van der Waals surface area contributed by atoms with Gasteiger partial charge in [-0.1, -0.05) is 0 Å². The van der Waals surface area contributed by atoms with E-state index in [0.717, 1.165) is 19.4 Å². The maximum absolute atomic E-state index is 11.0. The lowest BCUT2D eigenvalue weighted by Crippen LogP contribution is -2.21. The van der Waals surface area contributed by atoms with Gasteiger partial charge in [-0.2, -0.15) is 5.10 Å². The number of ether oxygens (including phenoxy) is 1. The lowest BCUT2D eigenvalue weighted by Gasteiger charge is -2.22. The Morgan fingerprint density at radius 3 is 2.93 bits per heavy atom. The molecule has 1 aromatic heterocycles. The van der Waals surface area contributed by atoms with Gasteiger partial charge in [0.25, 0.3) is 9.05 Å². The summed E-state index contributed by atoms with van der Waals surface area (Å²) < 4.78 is 28.9. The van der Waals surface area contributed by atoms with Gasteiger partial charge in [-0.25, -0.2) is 8.42 Å². The first-order valence-corrected chi connectivity index (χ1v) is 6.95. The van der Waals surface area contributed by atoms with Crippen LogP contribution in [0.3, 0.4) is 0 Å². The topological polar surface area (TPSA) is 61.2 Å². The summed E-state index contributed by atoms with van der Waals surface area (Å²) in [5.74, 6) is 0. The van der Waals surface area contributed by atoms with Gasteiger partial charge in [0.1, 0.15) is 4.90 Å².